The van der Waals surface area contributed by atoms with Gasteiger partial charge in [0.05, 0.1) is 6.61 Å². The van der Waals surface area contributed by atoms with Crippen molar-refractivity contribution in [1.29, 1.82) is 0 Å². The number of allylic oxidation sites excluding steroid dienone is 1. The topological polar surface area (TPSA) is 64.6 Å². The van der Waals surface area contributed by atoms with Gasteiger partial charge in [-0.2, -0.15) is 13.2 Å². The molecule has 0 radical (unpaired) electrons. The first-order chi connectivity index (χ1) is 10.7. The van der Waals surface area contributed by atoms with Crippen molar-refractivity contribution in [1.82, 2.24) is 5.32 Å². The van der Waals surface area contributed by atoms with Crippen LogP contribution in [0.25, 0.3) is 0 Å². The van der Waals surface area contributed by atoms with Crippen molar-refractivity contribution in [3.8, 4) is 0 Å². The van der Waals surface area contributed by atoms with Crippen molar-refractivity contribution in [2.75, 3.05) is 6.61 Å². The Bertz CT molecular complexity index is 570. The zero-order chi connectivity index (χ0) is 17.5. The van der Waals surface area contributed by atoms with Crippen LogP contribution in [0.2, 0.25) is 0 Å². The molecule has 0 aliphatic carbocycles. The van der Waals surface area contributed by atoms with Crippen LogP contribution in [0.1, 0.15) is 25.5 Å². The van der Waals surface area contributed by atoms with Gasteiger partial charge in [-0.15, -0.1) is 0 Å². The summed E-state index contributed by atoms with van der Waals surface area (Å²) in [6, 6.07) is 6.76. The van der Waals surface area contributed by atoms with E-state index in [0.29, 0.717) is 0 Å². The summed E-state index contributed by atoms with van der Waals surface area (Å²) >= 11 is 0. The molecule has 0 spiro atoms. The monoisotopic (exact) mass is 331 g/mol. The number of nitrogens with one attached hydrogen (secondary N) is 1. The molecule has 1 aromatic rings. The van der Waals surface area contributed by atoms with Crippen LogP contribution in [0.3, 0.4) is 0 Å². The predicted octanol–water partition coefficient (Wildman–Crippen LogP) is 3.48. The number of carbonyl (C=O) groups is 2. The standard InChI is InChI=1S/C15H16F3NO4/c1-3-22-12(20)9-10(2)19-14(21)23-13(15(16,17)18)11-7-5-4-6-8-11/h4-9,13H,3H2,1-2H3,(H,19,21)/b10-9-. The van der Waals surface area contributed by atoms with Gasteiger partial charge in [0, 0.05) is 17.3 Å². The van der Waals surface area contributed by atoms with E-state index in [1.54, 1.807) is 13.0 Å². The number of esters is 1. The Morgan fingerprint density at radius 3 is 2.39 bits per heavy atom. The first-order valence-corrected chi connectivity index (χ1v) is 6.68. The van der Waals surface area contributed by atoms with E-state index in [-0.39, 0.29) is 17.9 Å². The molecule has 0 bridgehead atoms. The van der Waals surface area contributed by atoms with Crippen LogP contribution in [-0.2, 0) is 14.3 Å². The lowest BCUT2D eigenvalue weighted by Crippen LogP contribution is -2.31. The molecule has 0 saturated carbocycles. The second kappa shape index (κ2) is 8.21. The molecule has 23 heavy (non-hydrogen) atoms. The quantitative estimate of drug-likeness (QED) is 0.663. The van der Waals surface area contributed by atoms with Gasteiger partial charge in [0.1, 0.15) is 0 Å². The molecule has 1 unspecified atom stereocenters. The van der Waals surface area contributed by atoms with E-state index in [1.165, 1.54) is 31.2 Å². The molecule has 1 atom stereocenters. The van der Waals surface area contributed by atoms with E-state index in [2.05, 4.69) is 9.47 Å². The molecule has 0 heterocycles. The molecule has 1 rings (SSSR count). The summed E-state index contributed by atoms with van der Waals surface area (Å²) in [7, 11) is 0. The van der Waals surface area contributed by atoms with Gasteiger partial charge >= 0.3 is 18.2 Å². The zero-order valence-corrected chi connectivity index (χ0v) is 12.5. The van der Waals surface area contributed by atoms with Crippen LogP contribution < -0.4 is 5.32 Å². The molecule has 1 aromatic carbocycles. The first kappa shape index (κ1) is 18.5. The molecule has 5 nitrogen and oxygen atoms in total. The number of ether oxygens (including phenoxy) is 2. The summed E-state index contributed by atoms with van der Waals surface area (Å²) in [5.74, 6) is -0.722. The smallest absolute Gasteiger partial charge is 0.429 e. The Balaban J connectivity index is 2.77. The van der Waals surface area contributed by atoms with Crippen LogP contribution >= 0.6 is 0 Å². The second-order valence-electron chi connectivity index (χ2n) is 4.44. The van der Waals surface area contributed by atoms with Crippen molar-refractivity contribution in [3.05, 3.63) is 47.7 Å². The molecule has 1 amide bonds. The third-order valence-corrected chi connectivity index (χ3v) is 2.54. The third kappa shape index (κ3) is 6.41. The van der Waals surface area contributed by atoms with Gasteiger partial charge in [-0.1, -0.05) is 30.3 Å². The van der Waals surface area contributed by atoms with Crippen molar-refractivity contribution >= 4 is 12.1 Å². The fourth-order valence-corrected chi connectivity index (χ4v) is 1.65. The summed E-state index contributed by atoms with van der Waals surface area (Å²) in [6.45, 7) is 3.05. The van der Waals surface area contributed by atoms with E-state index in [4.69, 9.17) is 0 Å². The molecule has 0 saturated heterocycles. The summed E-state index contributed by atoms with van der Waals surface area (Å²) in [5.41, 5.74) is -0.204. The highest BCUT2D eigenvalue weighted by molar-refractivity contribution is 5.83. The van der Waals surface area contributed by atoms with E-state index in [1.807, 2.05) is 5.32 Å². The Morgan fingerprint density at radius 2 is 1.87 bits per heavy atom. The van der Waals surface area contributed by atoms with Gasteiger partial charge in [0.25, 0.3) is 0 Å². The zero-order valence-electron chi connectivity index (χ0n) is 12.5. The molecule has 1 N–H and O–H groups in total. The van der Waals surface area contributed by atoms with Crippen LogP contribution in [0.5, 0.6) is 0 Å². The number of amides is 1. The number of hydrogen-bond acceptors (Lipinski definition) is 4. The summed E-state index contributed by atoms with van der Waals surface area (Å²) < 4.78 is 48.1. The molecular weight excluding hydrogens is 315 g/mol. The number of rotatable bonds is 5. The Hall–Kier alpha value is -2.51. The van der Waals surface area contributed by atoms with E-state index < -0.39 is 24.3 Å². The van der Waals surface area contributed by atoms with Crippen LogP contribution in [-0.4, -0.2) is 24.8 Å². The highest BCUT2D eigenvalue weighted by atomic mass is 19.4. The van der Waals surface area contributed by atoms with E-state index in [0.717, 1.165) is 6.08 Å². The van der Waals surface area contributed by atoms with E-state index >= 15 is 0 Å². The van der Waals surface area contributed by atoms with Crippen molar-refractivity contribution in [2.24, 2.45) is 0 Å². The van der Waals surface area contributed by atoms with Gasteiger partial charge in [-0.05, 0) is 13.8 Å². The van der Waals surface area contributed by atoms with Gasteiger partial charge in [-0.25, -0.2) is 9.59 Å². The normalized spacial score (nSPS) is 13.2. The molecule has 8 heteroatoms. The second-order valence-corrected chi connectivity index (χ2v) is 4.44. The van der Waals surface area contributed by atoms with Gasteiger partial charge in [-0.3, -0.25) is 5.32 Å². The summed E-state index contributed by atoms with van der Waals surface area (Å²) in [5, 5.41) is 2.04. The number of halogens is 3. The fraction of sp³-hybridized carbons (Fsp3) is 0.333. The van der Waals surface area contributed by atoms with Gasteiger partial charge in [0.15, 0.2) is 0 Å². The maximum absolute atomic E-state index is 13.0. The van der Waals surface area contributed by atoms with Crippen molar-refractivity contribution in [3.63, 3.8) is 0 Å². The minimum atomic E-state index is -4.77. The SMILES string of the molecule is CCOC(=O)/C=C(/C)NC(=O)OC(c1ccccc1)C(F)(F)F. The summed E-state index contributed by atoms with van der Waals surface area (Å²) in [6.07, 6.45) is -7.55. The number of alkyl carbamates (subject to hydrolysis) is 1. The minimum Gasteiger partial charge on any atom is -0.463 e. The number of hydrogen-bond donors (Lipinski definition) is 1. The molecule has 126 valence electrons. The Kier molecular flexibility index (Phi) is 6.62. The largest absolute Gasteiger partial charge is 0.463 e. The molecular formula is C15H16F3NO4. The average Bonchev–Trinajstić information content (AvgIpc) is 2.44. The summed E-state index contributed by atoms with van der Waals surface area (Å²) in [4.78, 5) is 22.8. The van der Waals surface area contributed by atoms with Gasteiger partial charge < -0.3 is 9.47 Å². The predicted molar refractivity (Wildman–Crippen MR) is 75.2 cm³/mol. The lowest BCUT2D eigenvalue weighted by atomic mass is 10.1. The first-order valence-electron chi connectivity index (χ1n) is 6.68. The third-order valence-electron chi connectivity index (χ3n) is 2.54. The highest BCUT2D eigenvalue weighted by Crippen LogP contribution is 2.35. The van der Waals surface area contributed by atoms with E-state index in [9.17, 15) is 22.8 Å². The number of carbonyl (C=O) groups excluding carboxylic acids is 2. The van der Waals surface area contributed by atoms with Crippen LogP contribution in [0, 0.1) is 0 Å². The molecule has 0 aromatic heterocycles. The minimum absolute atomic E-state index is 0.00226. The maximum Gasteiger partial charge on any atom is 0.429 e. The van der Waals surface area contributed by atoms with Gasteiger partial charge in [0.2, 0.25) is 6.10 Å². The lowest BCUT2D eigenvalue weighted by molar-refractivity contribution is -0.206. The molecule has 0 aliphatic rings. The lowest BCUT2D eigenvalue weighted by Gasteiger charge is -2.21. The number of benzene rings is 1. The Morgan fingerprint density at radius 1 is 1.26 bits per heavy atom. The molecule has 0 fully saturated rings. The maximum atomic E-state index is 13.0. The average molecular weight is 331 g/mol. The van der Waals surface area contributed by atoms with Crippen molar-refractivity contribution in [2.45, 2.75) is 26.1 Å². The van der Waals surface area contributed by atoms with Crippen LogP contribution in [0.4, 0.5) is 18.0 Å². The van der Waals surface area contributed by atoms with Crippen molar-refractivity contribution < 1.29 is 32.2 Å². The molecule has 0 aliphatic heterocycles. The fourth-order valence-electron chi connectivity index (χ4n) is 1.65. The van der Waals surface area contributed by atoms with Crippen LogP contribution in [0.15, 0.2) is 42.1 Å². The highest BCUT2D eigenvalue weighted by Gasteiger charge is 2.44. The number of alkyl halides is 3. The Labute approximate surface area is 131 Å².